The second-order valence-corrected chi connectivity index (χ2v) is 6.43. The van der Waals surface area contributed by atoms with E-state index < -0.39 is 0 Å². The summed E-state index contributed by atoms with van der Waals surface area (Å²) < 4.78 is 5.35. The largest absolute Gasteiger partial charge is 0.381 e. The molecule has 1 N–H and O–H groups in total. The van der Waals surface area contributed by atoms with E-state index in [-0.39, 0.29) is 5.91 Å². The first-order valence-electron chi connectivity index (χ1n) is 7.69. The van der Waals surface area contributed by atoms with Crippen molar-refractivity contribution in [1.82, 2.24) is 10.3 Å². The molecule has 1 aromatic carbocycles. The lowest BCUT2D eigenvalue weighted by Crippen LogP contribution is -2.25. The van der Waals surface area contributed by atoms with Crippen molar-refractivity contribution < 1.29 is 9.53 Å². The standard InChI is InChI=1S/C17H20N2O2S/c1-2-21-9-10-22-16-11-14(17(20)18-12-7-8-12)13-5-3-4-6-15(13)19-16/h3-6,11-12H,2,7-10H2,1H3,(H,18,20). The number of benzene rings is 1. The lowest BCUT2D eigenvalue weighted by Gasteiger charge is -2.10. The number of aromatic nitrogens is 1. The van der Waals surface area contributed by atoms with Gasteiger partial charge in [-0.2, -0.15) is 0 Å². The lowest BCUT2D eigenvalue weighted by atomic mass is 10.1. The second kappa shape index (κ2) is 7.11. The number of nitrogens with zero attached hydrogens (tertiary/aromatic N) is 1. The maximum atomic E-state index is 12.5. The van der Waals surface area contributed by atoms with E-state index in [2.05, 4.69) is 10.3 Å². The maximum Gasteiger partial charge on any atom is 0.252 e. The van der Waals surface area contributed by atoms with Gasteiger partial charge in [-0.15, -0.1) is 11.8 Å². The Morgan fingerprint density at radius 1 is 1.41 bits per heavy atom. The summed E-state index contributed by atoms with van der Waals surface area (Å²) in [5, 5.41) is 4.85. The number of carbonyl (C=O) groups is 1. The van der Waals surface area contributed by atoms with Gasteiger partial charge in [0, 0.05) is 23.8 Å². The number of para-hydroxylation sites is 1. The van der Waals surface area contributed by atoms with Crippen LogP contribution in [0.1, 0.15) is 30.1 Å². The van der Waals surface area contributed by atoms with E-state index in [0.29, 0.717) is 12.6 Å². The first-order chi connectivity index (χ1) is 10.8. The molecule has 1 heterocycles. The van der Waals surface area contributed by atoms with Crippen molar-refractivity contribution in [2.45, 2.75) is 30.8 Å². The van der Waals surface area contributed by atoms with E-state index >= 15 is 0 Å². The van der Waals surface area contributed by atoms with E-state index in [9.17, 15) is 4.79 Å². The average Bonchev–Trinajstić information content (AvgIpc) is 3.34. The Labute approximate surface area is 134 Å². The zero-order valence-electron chi connectivity index (χ0n) is 12.7. The molecule has 0 spiro atoms. The van der Waals surface area contributed by atoms with Crippen molar-refractivity contribution in [1.29, 1.82) is 0 Å². The monoisotopic (exact) mass is 316 g/mol. The van der Waals surface area contributed by atoms with Crippen molar-refractivity contribution >= 4 is 28.6 Å². The Bertz CT molecular complexity index is 671. The molecule has 1 amide bonds. The number of rotatable bonds is 7. The predicted molar refractivity (Wildman–Crippen MR) is 89.4 cm³/mol. The number of pyridine rings is 1. The molecule has 5 heteroatoms. The van der Waals surface area contributed by atoms with Crippen LogP contribution in [0.5, 0.6) is 0 Å². The van der Waals surface area contributed by atoms with Gasteiger partial charge in [-0.25, -0.2) is 4.98 Å². The number of hydrogen-bond donors (Lipinski definition) is 1. The maximum absolute atomic E-state index is 12.5. The van der Waals surface area contributed by atoms with Crippen molar-refractivity contribution in [2.24, 2.45) is 0 Å². The molecule has 2 aromatic rings. The smallest absolute Gasteiger partial charge is 0.252 e. The van der Waals surface area contributed by atoms with Crippen LogP contribution in [0.4, 0.5) is 0 Å². The molecule has 1 aromatic heterocycles. The van der Waals surface area contributed by atoms with Gasteiger partial charge in [-0.1, -0.05) is 18.2 Å². The lowest BCUT2D eigenvalue weighted by molar-refractivity contribution is 0.0952. The van der Waals surface area contributed by atoms with Crippen LogP contribution in [-0.4, -0.2) is 35.9 Å². The minimum Gasteiger partial charge on any atom is -0.381 e. The minimum absolute atomic E-state index is 0.00718. The first-order valence-corrected chi connectivity index (χ1v) is 8.67. The van der Waals surface area contributed by atoms with E-state index in [1.54, 1.807) is 11.8 Å². The molecule has 0 aliphatic heterocycles. The molecule has 0 saturated heterocycles. The van der Waals surface area contributed by atoms with Gasteiger partial charge >= 0.3 is 0 Å². The normalized spacial score (nSPS) is 14.2. The Morgan fingerprint density at radius 2 is 2.23 bits per heavy atom. The molecule has 1 aliphatic rings. The number of carbonyl (C=O) groups excluding carboxylic acids is 1. The molecule has 1 saturated carbocycles. The molecular weight excluding hydrogens is 296 g/mol. The van der Waals surface area contributed by atoms with Gasteiger partial charge < -0.3 is 10.1 Å². The number of hydrogen-bond acceptors (Lipinski definition) is 4. The quantitative estimate of drug-likeness (QED) is 0.629. The molecule has 4 nitrogen and oxygen atoms in total. The number of thioether (sulfide) groups is 1. The van der Waals surface area contributed by atoms with Crippen LogP contribution in [0, 0.1) is 0 Å². The second-order valence-electron chi connectivity index (χ2n) is 5.32. The predicted octanol–water partition coefficient (Wildman–Crippen LogP) is 3.26. The van der Waals surface area contributed by atoms with Crippen LogP contribution in [-0.2, 0) is 4.74 Å². The van der Waals surface area contributed by atoms with Gasteiger partial charge in [-0.3, -0.25) is 4.79 Å². The van der Waals surface area contributed by atoms with E-state index in [1.165, 1.54) is 0 Å². The number of amides is 1. The summed E-state index contributed by atoms with van der Waals surface area (Å²) in [5.74, 6) is 0.843. The van der Waals surface area contributed by atoms with Crippen LogP contribution in [0.15, 0.2) is 35.4 Å². The van der Waals surface area contributed by atoms with Gasteiger partial charge in [-0.05, 0) is 31.9 Å². The van der Waals surface area contributed by atoms with Crippen LogP contribution in [0.2, 0.25) is 0 Å². The zero-order chi connectivity index (χ0) is 15.4. The fourth-order valence-corrected chi connectivity index (χ4v) is 3.03. The molecule has 3 rings (SSSR count). The molecule has 0 bridgehead atoms. The van der Waals surface area contributed by atoms with Crippen LogP contribution >= 0.6 is 11.8 Å². The highest BCUT2D eigenvalue weighted by Crippen LogP contribution is 2.26. The summed E-state index contributed by atoms with van der Waals surface area (Å²) in [6.07, 6.45) is 2.18. The highest BCUT2D eigenvalue weighted by atomic mass is 32.2. The van der Waals surface area contributed by atoms with Gasteiger partial charge in [0.15, 0.2) is 0 Å². The SMILES string of the molecule is CCOCCSc1cc(C(=O)NC2CC2)c2ccccc2n1. The van der Waals surface area contributed by atoms with Gasteiger partial charge in [0.25, 0.3) is 5.91 Å². The van der Waals surface area contributed by atoms with E-state index in [4.69, 9.17) is 4.74 Å². The molecule has 0 radical (unpaired) electrons. The molecule has 1 fully saturated rings. The van der Waals surface area contributed by atoms with Crippen LogP contribution < -0.4 is 5.32 Å². The third-order valence-electron chi connectivity index (χ3n) is 3.53. The van der Waals surface area contributed by atoms with Gasteiger partial charge in [0.1, 0.15) is 0 Å². The number of ether oxygens (including phenoxy) is 1. The third-order valence-corrected chi connectivity index (χ3v) is 4.41. The third kappa shape index (κ3) is 3.78. The fraction of sp³-hybridized carbons (Fsp3) is 0.412. The molecule has 22 heavy (non-hydrogen) atoms. The van der Waals surface area contributed by atoms with Gasteiger partial charge in [0.05, 0.1) is 22.7 Å². The molecule has 0 atom stereocenters. The Hall–Kier alpha value is -1.59. The molecule has 116 valence electrons. The Kier molecular flexibility index (Phi) is 4.95. The summed E-state index contributed by atoms with van der Waals surface area (Å²) >= 11 is 1.63. The minimum atomic E-state index is 0.00718. The molecular formula is C17H20N2O2S. The summed E-state index contributed by atoms with van der Waals surface area (Å²) in [6, 6.07) is 10.1. The summed E-state index contributed by atoms with van der Waals surface area (Å²) in [4.78, 5) is 17.1. The topological polar surface area (TPSA) is 51.2 Å². The van der Waals surface area contributed by atoms with Crippen LogP contribution in [0.25, 0.3) is 10.9 Å². The average molecular weight is 316 g/mol. The van der Waals surface area contributed by atoms with Crippen LogP contribution in [0.3, 0.4) is 0 Å². The van der Waals surface area contributed by atoms with Crippen molar-refractivity contribution in [3.63, 3.8) is 0 Å². The fourth-order valence-electron chi connectivity index (χ4n) is 2.25. The van der Waals surface area contributed by atoms with Crippen molar-refractivity contribution in [3.8, 4) is 0 Å². The Morgan fingerprint density at radius 3 is 3.00 bits per heavy atom. The highest BCUT2D eigenvalue weighted by Gasteiger charge is 2.24. The van der Waals surface area contributed by atoms with Crippen molar-refractivity contribution in [2.75, 3.05) is 19.0 Å². The van der Waals surface area contributed by atoms with E-state index in [1.807, 2.05) is 37.3 Å². The Balaban J connectivity index is 1.84. The molecule has 1 aliphatic carbocycles. The molecule has 0 unspecified atom stereocenters. The summed E-state index contributed by atoms with van der Waals surface area (Å²) in [6.45, 7) is 3.40. The van der Waals surface area contributed by atoms with Gasteiger partial charge in [0.2, 0.25) is 0 Å². The summed E-state index contributed by atoms with van der Waals surface area (Å²) in [5.41, 5.74) is 1.58. The highest BCUT2D eigenvalue weighted by molar-refractivity contribution is 7.99. The van der Waals surface area contributed by atoms with E-state index in [0.717, 1.165) is 46.7 Å². The van der Waals surface area contributed by atoms with Crippen molar-refractivity contribution in [3.05, 3.63) is 35.9 Å². The zero-order valence-corrected chi connectivity index (χ0v) is 13.5. The summed E-state index contributed by atoms with van der Waals surface area (Å²) in [7, 11) is 0. The number of nitrogens with one attached hydrogen (secondary N) is 1. The first kappa shape index (κ1) is 15.3. The number of fused-ring (bicyclic) bond motifs is 1.